The Bertz CT molecular complexity index is 922. The molecule has 1 aliphatic carbocycles. The van der Waals surface area contributed by atoms with Crippen LogP contribution in [0.2, 0.25) is 5.02 Å². The van der Waals surface area contributed by atoms with E-state index in [1.165, 1.54) is 32.1 Å². The Labute approximate surface area is 235 Å². The number of piperidine rings is 1. The normalized spacial score (nSPS) is 25.5. The zero-order valence-corrected chi connectivity index (χ0v) is 24.7. The lowest BCUT2D eigenvalue weighted by Crippen LogP contribution is -2.62. The van der Waals surface area contributed by atoms with Gasteiger partial charge in [-0.2, -0.15) is 0 Å². The van der Waals surface area contributed by atoms with Gasteiger partial charge in [-0.3, -0.25) is 9.59 Å². The van der Waals surface area contributed by atoms with Crippen molar-refractivity contribution in [1.82, 2.24) is 20.4 Å². The summed E-state index contributed by atoms with van der Waals surface area (Å²) in [5, 5.41) is 7.88. The van der Waals surface area contributed by atoms with Gasteiger partial charge >= 0.3 is 0 Å². The highest BCUT2D eigenvalue weighted by Gasteiger charge is 2.44. The molecule has 0 aromatic heterocycles. The number of nitrogens with zero attached hydrogens (tertiary/aromatic N) is 2. The van der Waals surface area contributed by atoms with Gasteiger partial charge in [0.05, 0.1) is 6.04 Å². The van der Waals surface area contributed by atoms with Crippen molar-refractivity contribution >= 4 is 23.4 Å². The van der Waals surface area contributed by atoms with Crippen molar-refractivity contribution in [3.63, 3.8) is 0 Å². The molecule has 0 unspecified atom stereocenters. The number of rotatable bonds is 9. The molecule has 3 fully saturated rings. The topological polar surface area (TPSA) is 64.7 Å². The minimum Gasteiger partial charge on any atom is -0.350 e. The summed E-state index contributed by atoms with van der Waals surface area (Å²) in [5.41, 5.74) is 0.937. The van der Waals surface area contributed by atoms with Gasteiger partial charge in [0.1, 0.15) is 0 Å². The molecule has 3 aliphatic rings. The quantitative estimate of drug-likeness (QED) is 0.464. The Balaban J connectivity index is 1.45. The van der Waals surface area contributed by atoms with Gasteiger partial charge in [0, 0.05) is 48.7 Å². The van der Waals surface area contributed by atoms with Crippen molar-refractivity contribution in [3.05, 3.63) is 34.9 Å². The molecule has 0 radical (unpaired) electrons. The van der Waals surface area contributed by atoms with E-state index in [2.05, 4.69) is 34.4 Å². The molecule has 0 spiro atoms. The van der Waals surface area contributed by atoms with Crippen LogP contribution in [0.25, 0.3) is 0 Å². The molecule has 2 N–H and O–H groups in total. The van der Waals surface area contributed by atoms with Gasteiger partial charge in [-0.05, 0) is 75.1 Å². The lowest BCUT2D eigenvalue weighted by molar-refractivity contribution is -0.136. The van der Waals surface area contributed by atoms with E-state index in [4.69, 9.17) is 11.6 Å². The molecule has 1 saturated carbocycles. The lowest BCUT2D eigenvalue weighted by Gasteiger charge is -2.49. The summed E-state index contributed by atoms with van der Waals surface area (Å²) in [6.07, 6.45) is 9.65. The predicted octanol–water partition coefficient (Wildman–Crippen LogP) is 4.89. The minimum absolute atomic E-state index is 0.0282. The fraction of sp³-hybridized carbons (Fsp3) is 0.742. The van der Waals surface area contributed by atoms with Gasteiger partial charge in [-0.1, -0.05) is 63.8 Å². The highest BCUT2D eigenvalue weighted by Crippen LogP contribution is 2.39. The van der Waals surface area contributed by atoms with Gasteiger partial charge < -0.3 is 20.4 Å². The molecule has 38 heavy (non-hydrogen) atoms. The standard InChI is InChI=1S/C31H49ClN4O2/c1-22(2)29(37)34-31(25-8-6-5-7-9-25)14-16-36(17-15-31)30(38)28(19-24-10-12-26(32)13-11-24)33-20-27-18-23(3)21-35(27)4/h10-13,22-23,25,27-28,33H,5-9,14-21H2,1-4H3,(H,34,37)/t23-,27-,28-/m1/s1. The van der Waals surface area contributed by atoms with Crippen LogP contribution in [0.15, 0.2) is 24.3 Å². The number of carbonyl (C=O) groups is 2. The Morgan fingerprint density at radius 2 is 1.74 bits per heavy atom. The van der Waals surface area contributed by atoms with Crippen molar-refractivity contribution in [2.45, 2.75) is 96.2 Å². The Morgan fingerprint density at radius 3 is 2.32 bits per heavy atom. The van der Waals surface area contributed by atoms with E-state index in [0.717, 1.165) is 37.9 Å². The first kappa shape index (κ1) is 29.4. The summed E-state index contributed by atoms with van der Waals surface area (Å²) in [5.74, 6) is 1.50. The lowest BCUT2D eigenvalue weighted by atomic mass is 9.69. The largest absolute Gasteiger partial charge is 0.350 e. The zero-order chi connectivity index (χ0) is 27.3. The van der Waals surface area contributed by atoms with E-state index in [1.807, 2.05) is 38.1 Å². The molecule has 7 heteroatoms. The van der Waals surface area contributed by atoms with Crippen LogP contribution in [0.3, 0.4) is 0 Å². The maximum absolute atomic E-state index is 14.0. The van der Waals surface area contributed by atoms with Crippen LogP contribution in [0, 0.1) is 17.8 Å². The third kappa shape index (κ3) is 7.31. The molecule has 2 saturated heterocycles. The number of likely N-dealkylation sites (N-methyl/N-ethyl adjacent to an activating group) is 1. The fourth-order valence-electron chi connectivity index (χ4n) is 7.01. The van der Waals surface area contributed by atoms with Crippen LogP contribution >= 0.6 is 11.6 Å². The molecule has 6 nitrogen and oxygen atoms in total. The Morgan fingerprint density at radius 1 is 1.08 bits per heavy atom. The van der Waals surface area contributed by atoms with Crippen LogP contribution in [-0.4, -0.2) is 72.5 Å². The second-order valence-electron chi connectivity index (χ2n) is 12.7. The van der Waals surface area contributed by atoms with E-state index in [9.17, 15) is 9.59 Å². The zero-order valence-electron chi connectivity index (χ0n) is 24.0. The fourth-order valence-corrected chi connectivity index (χ4v) is 7.13. The first-order chi connectivity index (χ1) is 18.2. The summed E-state index contributed by atoms with van der Waals surface area (Å²) in [7, 11) is 2.19. The monoisotopic (exact) mass is 544 g/mol. The molecular weight excluding hydrogens is 496 g/mol. The van der Waals surface area contributed by atoms with Crippen molar-refractivity contribution in [1.29, 1.82) is 0 Å². The van der Waals surface area contributed by atoms with Crippen molar-refractivity contribution in [2.75, 3.05) is 33.2 Å². The smallest absolute Gasteiger partial charge is 0.240 e. The summed E-state index contributed by atoms with van der Waals surface area (Å²) in [4.78, 5) is 31.3. The van der Waals surface area contributed by atoms with Gasteiger partial charge in [-0.25, -0.2) is 0 Å². The molecule has 4 rings (SSSR count). The second-order valence-corrected chi connectivity index (χ2v) is 13.1. The summed E-state index contributed by atoms with van der Waals surface area (Å²) >= 11 is 6.13. The predicted molar refractivity (Wildman–Crippen MR) is 155 cm³/mol. The number of benzene rings is 1. The number of amides is 2. The number of likely N-dealkylation sites (tertiary alicyclic amines) is 2. The van der Waals surface area contributed by atoms with E-state index in [-0.39, 0.29) is 29.3 Å². The molecule has 2 heterocycles. The number of carbonyl (C=O) groups excluding carboxylic acids is 2. The number of hydrogen-bond acceptors (Lipinski definition) is 4. The van der Waals surface area contributed by atoms with Gasteiger partial charge in [0.15, 0.2) is 0 Å². The van der Waals surface area contributed by atoms with Crippen LogP contribution < -0.4 is 10.6 Å². The van der Waals surface area contributed by atoms with Crippen LogP contribution in [0.1, 0.15) is 77.7 Å². The molecular formula is C31H49ClN4O2. The van der Waals surface area contributed by atoms with Gasteiger partial charge in [0.25, 0.3) is 0 Å². The Kier molecular flexibility index (Phi) is 10.2. The highest BCUT2D eigenvalue weighted by molar-refractivity contribution is 6.30. The van der Waals surface area contributed by atoms with Gasteiger partial charge in [0.2, 0.25) is 11.8 Å². The second kappa shape index (κ2) is 13.1. The molecule has 1 aromatic rings. The molecule has 2 amide bonds. The van der Waals surface area contributed by atoms with Gasteiger partial charge in [-0.15, -0.1) is 0 Å². The Hall–Kier alpha value is -1.63. The van der Waals surface area contributed by atoms with E-state index < -0.39 is 0 Å². The minimum atomic E-state index is -0.270. The molecule has 212 valence electrons. The average molecular weight is 545 g/mol. The summed E-state index contributed by atoms with van der Waals surface area (Å²) < 4.78 is 0. The average Bonchev–Trinajstić information content (AvgIpc) is 3.24. The van der Waals surface area contributed by atoms with Crippen LogP contribution in [0.4, 0.5) is 0 Å². The van der Waals surface area contributed by atoms with E-state index in [1.54, 1.807) is 0 Å². The van der Waals surface area contributed by atoms with E-state index in [0.29, 0.717) is 42.4 Å². The van der Waals surface area contributed by atoms with Crippen LogP contribution in [-0.2, 0) is 16.0 Å². The SMILES string of the molecule is CC(C)C(=O)NC1(C2CCCCC2)CCN(C(=O)[C@@H](Cc2ccc(Cl)cc2)NC[C@H]2C[C@@H](C)CN2C)CC1. The number of halogens is 1. The van der Waals surface area contributed by atoms with E-state index >= 15 is 0 Å². The summed E-state index contributed by atoms with van der Waals surface area (Å²) in [6.45, 7) is 9.57. The van der Waals surface area contributed by atoms with Crippen molar-refractivity contribution in [2.24, 2.45) is 17.8 Å². The third-order valence-corrected chi connectivity index (χ3v) is 9.65. The summed E-state index contributed by atoms with van der Waals surface area (Å²) in [6, 6.07) is 8.05. The highest BCUT2D eigenvalue weighted by atomic mass is 35.5. The maximum Gasteiger partial charge on any atom is 0.240 e. The third-order valence-electron chi connectivity index (χ3n) is 9.40. The molecule has 2 aliphatic heterocycles. The first-order valence-corrected chi connectivity index (χ1v) is 15.3. The molecule has 3 atom stereocenters. The number of nitrogens with one attached hydrogen (secondary N) is 2. The van der Waals surface area contributed by atoms with Crippen molar-refractivity contribution < 1.29 is 9.59 Å². The van der Waals surface area contributed by atoms with Crippen molar-refractivity contribution in [3.8, 4) is 0 Å². The molecule has 1 aromatic carbocycles. The van der Waals surface area contributed by atoms with Crippen LogP contribution in [0.5, 0.6) is 0 Å². The number of hydrogen-bond donors (Lipinski definition) is 2. The maximum atomic E-state index is 14.0. The first-order valence-electron chi connectivity index (χ1n) is 15.0. The molecule has 0 bridgehead atoms.